The van der Waals surface area contributed by atoms with E-state index in [1.165, 1.54) is 25.0 Å². The third-order valence-corrected chi connectivity index (χ3v) is 4.58. The first-order valence-corrected chi connectivity index (χ1v) is 7.66. The number of rotatable bonds is 4. The standard InChI is InChI=1S/C14H18F3NS/c15-14(16,17)13-3-1-2-12(8-13)10-19-9-11-4-6-18-7-5-11/h1-3,8,11,18H,4-7,9-10H2. The molecule has 5 heteroatoms. The minimum absolute atomic E-state index is 0.549. The highest BCUT2D eigenvalue weighted by atomic mass is 32.2. The Hall–Kier alpha value is -0.680. The monoisotopic (exact) mass is 289 g/mol. The number of piperidine rings is 1. The lowest BCUT2D eigenvalue weighted by atomic mass is 10.0. The van der Waals surface area contributed by atoms with Crippen molar-refractivity contribution in [1.82, 2.24) is 5.32 Å². The first-order chi connectivity index (χ1) is 9.05. The number of alkyl halides is 3. The lowest BCUT2D eigenvalue weighted by molar-refractivity contribution is -0.137. The van der Waals surface area contributed by atoms with E-state index >= 15 is 0 Å². The Bertz CT molecular complexity index is 400. The summed E-state index contributed by atoms with van der Waals surface area (Å²) in [5.41, 5.74) is 0.209. The van der Waals surface area contributed by atoms with E-state index in [0.717, 1.165) is 30.5 Å². The summed E-state index contributed by atoms with van der Waals surface area (Å²) >= 11 is 1.74. The molecule has 1 aliphatic heterocycles. The van der Waals surface area contributed by atoms with E-state index < -0.39 is 11.7 Å². The van der Waals surface area contributed by atoms with Crippen molar-refractivity contribution in [3.05, 3.63) is 35.4 Å². The summed E-state index contributed by atoms with van der Waals surface area (Å²) in [6, 6.07) is 5.64. The number of thioether (sulfide) groups is 1. The molecule has 106 valence electrons. The number of hydrogen-bond donors (Lipinski definition) is 1. The van der Waals surface area contributed by atoms with Crippen LogP contribution >= 0.6 is 11.8 Å². The summed E-state index contributed by atoms with van der Waals surface area (Å²) in [7, 11) is 0. The van der Waals surface area contributed by atoms with E-state index in [2.05, 4.69) is 5.32 Å². The molecular formula is C14H18F3NS. The highest BCUT2D eigenvalue weighted by Crippen LogP contribution is 2.30. The molecule has 19 heavy (non-hydrogen) atoms. The molecule has 0 bridgehead atoms. The Morgan fingerprint density at radius 3 is 2.63 bits per heavy atom. The quantitative estimate of drug-likeness (QED) is 0.901. The Morgan fingerprint density at radius 1 is 1.21 bits per heavy atom. The summed E-state index contributed by atoms with van der Waals surface area (Å²) < 4.78 is 37.7. The van der Waals surface area contributed by atoms with Crippen molar-refractivity contribution in [1.29, 1.82) is 0 Å². The van der Waals surface area contributed by atoms with Gasteiger partial charge in [-0.2, -0.15) is 24.9 Å². The molecule has 0 amide bonds. The molecule has 1 saturated heterocycles. The van der Waals surface area contributed by atoms with Crippen LogP contribution < -0.4 is 5.32 Å². The van der Waals surface area contributed by atoms with Gasteiger partial charge in [-0.3, -0.25) is 0 Å². The van der Waals surface area contributed by atoms with Crippen LogP contribution in [-0.4, -0.2) is 18.8 Å². The lowest BCUT2D eigenvalue weighted by Crippen LogP contribution is -2.28. The van der Waals surface area contributed by atoms with E-state index in [1.54, 1.807) is 17.8 Å². The molecule has 0 saturated carbocycles. The summed E-state index contributed by atoms with van der Waals surface area (Å²) in [6.07, 6.45) is -1.89. The van der Waals surface area contributed by atoms with Crippen LogP contribution in [0.1, 0.15) is 24.0 Å². The first kappa shape index (κ1) is 14.7. The van der Waals surface area contributed by atoms with E-state index in [0.29, 0.717) is 11.7 Å². The van der Waals surface area contributed by atoms with Gasteiger partial charge in [0.1, 0.15) is 0 Å². The number of nitrogens with one attached hydrogen (secondary N) is 1. The third kappa shape index (κ3) is 4.73. The summed E-state index contributed by atoms with van der Waals surface area (Å²) in [5, 5.41) is 3.31. The molecular weight excluding hydrogens is 271 g/mol. The highest BCUT2D eigenvalue weighted by molar-refractivity contribution is 7.98. The summed E-state index contributed by atoms with van der Waals surface area (Å²) in [5.74, 6) is 2.41. The van der Waals surface area contributed by atoms with Crippen LogP contribution in [0.2, 0.25) is 0 Å². The van der Waals surface area contributed by atoms with E-state index in [-0.39, 0.29) is 0 Å². The molecule has 0 atom stereocenters. The zero-order chi connectivity index (χ0) is 13.7. The number of hydrogen-bond acceptors (Lipinski definition) is 2. The van der Waals surface area contributed by atoms with E-state index in [9.17, 15) is 13.2 Å². The fourth-order valence-electron chi connectivity index (χ4n) is 2.23. The SMILES string of the molecule is FC(F)(F)c1cccc(CSCC2CCNCC2)c1. The van der Waals surface area contributed by atoms with Gasteiger partial charge in [-0.15, -0.1) is 0 Å². The van der Waals surface area contributed by atoms with Crippen LogP contribution in [0.15, 0.2) is 24.3 Å². The second-order valence-electron chi connectivity index (χ2n) is 4.91. The zero-order valence-electron chi connectivity index (χ0n) is 10.7. The fourth-order valence-corrected chi connectivity index (χ4v) is 3.43. The number of halogens is 3. The molecule has 1 aromatic carbocycles. The molecule has 1 N–H and O–H groups in total. The zero-order valence-corrected chi connectivity index (χ0v) is 11.5. The van der Waals surface area contributed by atoms with Crippen LogP contribution in [0.5, 0.6) is 0 Å². The fraction of sp³-hybridized carbons (Fsp3) is 0.571. The highest BCUT2D eigenvalue weighted by Gasteiger charge is 2.30. The van der Waals surface area contributed by atoms with Crippen LogP contribution in [0, 0.1) is 5.92 Å². The van der Waals surface area contributed by atoms with Crippen molar-refractivity contribution in [2.24, 2.45) is 5.92 Å². The van der Waals surface area contributed by atoms with Crippen molar-refractivity contribution in [2.75, 3.05) is 18.8 Å². The van der Waals surface area contributed by atoms with Crippen LogP contribution in [0.3, 0.4) is 0 Å². The maximum atomic E-state index is 12.6. The average molecular weight is 289 g/mol. The van der Waals surface area contributed by atoms with E-state index in [1.807, 2.05) is 0 Å². The minimum atomic E-state index is -4.24. The molecule has 1 aromatic rings. The molecule has 1 heterocycles. The van der Waals surface area contributed by atoms with Crippen molar-refractivity contribution in [3.63, 3.8) is 0 Å². The third-order valence-electron chi connectivity index (χ3n) is 3.34. The van der Waals surface area contributed by atoms with Crippen LogP contribution in [0.25, 0.3) is 0 Å². The van der Waals surface area contributed by atoms with Gasteiger partial charge >= 0.3 is 6.18 Å². The second kappa shape index (κ2) is 6.66. The Morgan fingerprint density at radius 2 is 1.95 bits per heavy atom. The lowest BCUT2D eigenvalue weighted by Gasteiger charge is -2.22. The first-order valence-electron chi connectivity index (χ1n) is 6.50. The summed E-state index contributed by atoms with van der Waals surface area (Å²) in [4.78, 5) is 0. The summed E-state index contributed by atoms with van der Waals surface area (Å²) in [6.45, 7) is 2.13. The van der Waals surface area contributed by atoms with Crippen LogP contribution in [0.4, 0.5) is 13.2 Å². The molecule has 0 aromatic heterocycles. The molecule has 1 nitrogen and oxygen atoms in total. The van der Waals surface area contributed by atoms with Gasteiger partial charge in [0.15, 0.2) is 0 Å². The van der Waals surface area contributed by atoms with Gasteiger partial charge in [0, 0.05) is 5.75 Å². The van der Waals surface area contributed by atoms with E-state index in [4.69, 9.17) is 0 Å². The molecule has 1 aliphatic rings. The van der Waals surface area contributed by atoms with Crippen molar-refractivity contribution >= 4 is 11.8 Å². The van der Waals surface area contributed by atoms with Crippen molar-refractivity contribution in [3.8, 4) is 0 Å². The van der Waals surface area contributed by atoms with Gasteiger partial charge in [-0.25, -0.2) is 0 Å². The van der Waals surface area contributed by atoms with Gasteiger partial charge < -0.3 is 5.32 Å². The smallest absolute Gasteiger partial charge is 0.317 e. The molecule has 0 spiro atoms. The van der Waals surface area contributed by atoms with Gasteiger partial charge in [-0.1, -0.05) is 18.2 Å². The largest absolute Gasteiger partial charge is 0.416 e. The molecule has 0 unspecified atom stereocenters. The van der Waals surface area contributed by atoms with Crippen LogP contribution in [-0.2, 0) is 11.9 Å². The van der Waals surface area contributed by atoms with Gasteiger partial charge in [0.2, 0.25) is 0 Å². The van der Waals surface area contributed by atoms with Gasteiger partial charge in [-0.05, 0) is 49.2 Å². The maximum absolute atomic E-state index is 12.6. The molecule has 0 aliphatic carbocycles. The topological polar surface area (TPSA) is 12.0 Å². The normalized spacial score (nSPS) is 17.6. The number of benzene rings is 1. The van der Waals surface area contributed by atoms with Gasteiger partial charge in [0.05, 0.1) is 5.56 Å². The predicted molar refractivity (Wildman–Crippen MR) is 73.2 cm³/mol. The maximum Gasteiger partial charge on any atom is 0.416 e. The van der Waals surface area contributed by atoms with Crippen molar-refractivity contribution < 1.29 is 13.2 Å². The minimum Gasteiger partial charge on any atom is -0.317 e. The van der Waals surface area contributed by atoms with Gasteiger partial charge in [0.25, 0.3) is 0 Å². The Balaban J connectivity index is 1.82. The second-order valence-corrected chi connectivity index (χ2v) is 5.94. The van der Waals surface area contributed by atoms with Crippen molar-refractivity contribution in [2.45, 2.75) is 24.8 Å². The molecule has 1 fully saturated rings. The average Bonchev–Trinajstić information content (AvgIpc) is 2.39. The Kier molecular flexibility index (Phi) is 5.16. The predicted octanol–water partition coefficient (Wildman–Crippen LogP) is 3.94. The Labute approximate surface area is 116 Å². The molecule has 0 radical (unpaired) electrons. The molecule has 2 rings (SSSR count).